The summed E-state index contributed by atoms with van der Waals surface area (Å²) in [5.41, 5.74) is 4.16. The van der Waals surface area contributed by atoms with Crippen molar-refractivity contribution >= 4 is 40.4 Å². The first-order valence-corrected chi connectivity index (χ1v) is 11.7. The van der Waals surface area contributed by atoms with Crippen LogP contribution in [-0.4, -0.2) is 32.5 Å². The molecule has 1 aliphatic rings. The number of carbonyl (C=O) groups is 3. The maximum atomic E-state index is 12.9. The van der Waals surface area contributed by atoms with E-state index in [4.69, 9.17) is 0 Å². The lowest BCUT2D eigenvalue weighted by atomic mass is 9.97. The van der Waals surface area contributed by atoms with Gasteiger partial charge in [0.05, 0.1) is 11.2 Å². The Morgan fingerprint density at radius 1 is 1.21 bits per heavy atom. The standard InChI is InChI=1S/C24H25N5O3S/c1-4-15-10-16(6-5-13(15)2)28-23(32)19-11-25-24(33-19)14(3)9-18(30)21-17-7-8-20(31)29-22(17)27-12-26-21/h5-6,10-12,14H,4,7-9H2,1-3H3,(H,28,32)(H,26,27,29,31)/t14-/m0/s1. The molecule has 0 radical (unpaired) electrons. The Morgan fingerprint density at radius 3 is 2.82 bits per heavy atom. The summed E-state index contributed by atoms with van der Waals surface area (Å²) in [6.07, 6.45) is 4.69. The van der Waals surface area contributed by atoms with Gasteiger partial charge in [0.15, 0.2) is 5.78 Å². The molecule has 2 aromatic heterocycles. The summed E-state index contributed by atoms with van der Waals surface area (Å²) < 4.78 is 0. The molecule has 0 fully saturated rings. The van der Waals surface area contributed by atoms with Crippen LogP contribution in [0.15, 0.2) is 30.7 Å². The lowest BCUT2D eigenvalue weighted by Crippen LogP contribution is -2.23. The summed E-state index contributed by atoms with van der Waals surface area (Å²) in [7, 11) is 0. The third kappa shape index (κ3) is 4.98. The van der Waals surface area contributed by atoms with E-state index in [0.29, 0.717) is 39.8 Å². The number of rotatable bonds is 7. The van der Waals surface area contributed by atoms with E-state index in [9.17, 15) is 14.4 Å². The van der Waals surface area contributed by atoms with Gasteiger partial charge >= 0.3 is 0 Å². The van der Waals surface area contributed by atoms with Crippen LogP contribution in [0.1, 0.15) is 74.5 Å². The average Bonchev–Trinajstić information content (AvgIpc) is 3.30. The summed E-state index contributed by atoms with van der Waals surface area (Å²) in [6, 6.07) is 5.87. The SMILES string of the molecule is CCc1cc(NC(=O)c2cnc([C@@H](C)CC(=O)c3ncnc4c3CCC(=O)N4)s2)ccc1C. The molecular weight excluding hydrogens is 438 g/mol. The van der Waals surface area contributed by atoms with Crippen molar-refractivity contribution < 1.29 is 14.4 Å². The number of hydrogen-bond acceptors (Lipinski definition) is 7. The highest BCUT2D eigenvalue weighted by Gasteiger charge is 2.25. The first-order chi connectivity index (χ1) is 15.9. The Kier molecular flexibility index (Phi) is 6.60. The van der Waals surface area contributed by atoms with Crippen LogP contribution >= 0.6 is 11.3 Å². The molecule has 33 heavy (non-hydrogen) atoms. The fourth-order valence-electron chi connectivity index (χ4n) is 3.84. The maximum absolute atomic E-state index is 12.9. The Balaban J connectivity index is 1.43. The largest absolute Gasteiger partial charge is 0.321 e. The molecule has 0 bridgehead atoms. The van der Waals surface area contributed by atoms with Gasteiger partial charge < -0.3 is 10.6 Å². The van der Waals surface area contributed by atoms with E-state index in [1.54, 1.807) is 6.20 Å². The molecule has 170 valence electrons. The average molecular weight is 464 g/mol. The molecule has 0 saturated carbocycles. The van der Waals surface area contributed by atoms with Crippen molar-refractivity contribution in [1.82, 2.24) is 15.0 Å². The van der Waals surface area contributed by atoms with Crippen molar-refractivity contribution in [3.63, 3.8) is 0 Å². The van der Waals surface area contributed by atoms with E-state index in [0.717, 1.165) is 12.1 Å². The number of Topliss-reactive ketones (excluding diaryl/α,β-unsaturated/α-hetero) is 1. The smallest absolute Gasteiger partial charge is 0.267 e. The van der Waals surface area contributed by atoms with E-state index < -0.39 is 0 Å². The van der Waals surface area contributed by atoms with Crippen LogP contribution in [0.25, 0.3) is 0 Å². The van der Waals surface area contributed by atoms with Crippen LogP contribution in [0.2, 0.25) is 0 Å². The second-order valence-electron chi connectivity index (χ2n) is 8.14. The Bertz CT molecular complexity index is 1240. The molecule has 8 nitrogen and oxygen atoms in total. The number of amides is 2. The molecule has 0 aliphatic carbocycles. The number of hydrogen-bond donors (Lipinski definition) is 2. The van der Waals surface area contributed by atoms with Gasteiger partial charge in [0, 0.05) is 30.0 Å². The van der Waals surface area contributed by atoms with Gasteiger partial charge in [0.2, 0.25) is 5.91 Å². The Hall–Kier alpha value is -3.46. The highest BCUT2D eigenvalue weighted by Crippen LogP contribution is 2.29. The minimum atomic E-state index is -0.219. The number of nitrogens with one attached hydrogen (secondary N) is 2. The van der Waals surface area contributed by atoms with Gasteiger partial charge in [-0.15, -0.1) is 11.3 Å². The minimum Gasteiger partial charge on any atom is -0.321 e. The fourth-order valence-corrected chi connectivity index (χ4v) is 4.70. The monoisotopic (exact) mass is 463 g/mol. The fraction of sp³-hybridized carbons (Fsp3) is 0.333. The molecular formula is C24H25N5O3S. The van der Waals surface area contributed by atoms with E-state index in [-0.39, 0.29) is 29.9 Å². The van der Waals surface area contributed by atoms with Gasteiger partial charge in [0.25, 0.3) is 5.91 Å². The summed E-state index contributed by atoms with van der Waals surface area (Å²) in [5.74, 6) is -0.237. The second-order valence-corrected chi connectivity index (χ2v) is 9.20. The highest BCUT2D eigenvalue weighted by atomic mass is 32.1. The third-order valence-corrected chi connectivity index (χ3v) is 6.95. The zero-order valence-electron chi connectivity index (χ0n) is 18.8. The topological polar surface area (TPSA) is 114 Å². The number of nitrogens with zero attached hydrogens (tertiary/aromatic N) is 3. The lowest BCUT2D eigenvalue weighted by Gasteiger charge is -2.17. The number of fused-ring (bicyclic) bond motifs is 1. The highest BCUT2D eigenvalue weighted by molar-refractivity contribution is 7.13. The number of aromatic nitrogens is 3. The molecule has 0 saturated heterocycles. The zero-order valence-corrected chi connectivity index (χ0v) is 19.6. The molecule has 2 amide bonds. The first kappa shape index (κ1) is 22.7. The predicted molar refractivity (Wildman–Crippen MR) is 127 cm³/mol. The van der Waals surface area contributed by atoms with Crippen LogP contribution < -0.4 is 10.6 Å². The van der Waals surface area contributed by atoms with Gasteiger partial charge in [-0.3, -0.25) is 14.4 Å². The molecule has 3 heterocycles. The van der Waals surface area contributed by atoms with Crippen LogP contribution in [0.5, 0.6) is 0 Å². The first-order valence-electron chi connectivity index (χ1n) is 10.9. The van der Waals surface area contributed by atoms with Gasteiger partial charge in [-0.1, -0.05) is 19.9 Å². The minimum absolute atomic E-state index is 0.113. The van der Waals surface area contributed by atoms with E-state index in [1.807, 2.05) is 25.1 Å². The molecule has 3 aromatic rings. The number of thiazole rings is 1. The van der Waals surface area contributed by atoms with Crippen molar-refractivity contribution in [2.75, 3.05) is 10.6 Å². The zero-order chi connectivity index (χ0) is 23.5. The van der Waals surface area contributed by atoms with Gasteiger partial charge in [-0.25, -0.2) is 15.0 Å². The second kappa shape index (κ2) is 9.58. The van der Waals surface area contributed by atoms with E-state index in [1.165, 1.54) is 28.8 Å². The number of carbonyl (C=O) groups excluding carboxylic acids is 3. The Morgan fingerprint density at radius 2 is 2.03 bits per heavy atom. The van der Waals surface area contributed by atoms with Crippen LogP contribution in [0, 0.1) is 6.92 Å². The molecule has 4 rings (SSSR count). The Labute approximate surface area is 195 Å². The normalized spacial score (nSPS) is 13.7. The van der Waals surface area contributed by atoms with Crippen molar-refractivity contribution in [2.45, 2.75) is 52.4 Å². The molecule has 0 spiro atoms. The molecule has 1 aromatic carbocycles. The summed E-state index contributed by atoms with van der Waals surface area (Å²) in [4.78, 5) is 50.4. The van der Waals surface area contributed by atoms with Crippen molar-refractivity contribution in [3.8, 4) is 0 Å². The van der Waals surface area contributed by atoms with E-state index >= 15 is 0 Å². The van der Waals surface area contributed by atoms with Crippen LogP contribution in [0.4, 0.5) is 11.5 Å². The summed E-state index contributed by atoms with van der Waals surface area (Å²) in [5, 5.41) is 6.33. The lowest BCUT2D eigenvalue weighted by molar-refractivity contribution is -0.116. The maximum Gasteiger partial charge on any atom is 0.267 e. The molecule has 0 unspecified atom stereocenters. The van der Waals surface area contributed by atoms with Gasteiger partial charge in [-0.2, -0.15) is 0 Å². The van der Waals surface area contributed by atoms with Gasteiger partial charge in [0.1, 0.15) is 22.7 Å². The van der Waals surface area contributed by atoms with Crippen molar-refractivity contribution in [2.24, 2.45) is 0 Å². The number of benzene rings is 1. The van der Waals surface area contributed by atoms with Crippen molar-refractivity contribution in [3.05, 3.63) is 63.0 Å². The number of anilines is 2. The predicted octanol–water partition coefficient (Wildman–Crippen LogP) is 4.32. The summed E-state index contributed by atoms with van der Waals surface area (Å²) >= 11 is 1.28. The number of ketones is 1. The van der Waals surface area contributed by atoms with E-state index in [2.05, 4.69) is 39.4 Å². The third-order valence-electron chi connectivity index (χ3n) is 5.72. The molecule has 9 heteroatoms. The molecule has 2 N–H and O–H groups in total. The van der Waals surface area contributed by atoms with Crippen molar-refractivity contribution in [1.29, 1.82) is 0 Å². The van der Waals surface area contributed by atoms with Crippen LogP contribution in [0.3, 0.4) is 0 Å². The summed E-state index contributed by atoms with van der Waals surface area (Å²) in [6.45, 7) is 6.04. The van der Waals surface area contributed by atoms with Crippen LogP contribution in [-0.2, 0) is 17.6 Å². The molecule has 1 aliphatic heterocycles. The van der Waals surface area contributed by atoms with Gasteiger partial charge in [-0.05, 0) is 43.0 Å². The molecule has 1 atom stereocenters. The quantitative estimate of drug-likeness (QED) is 0.505. The number of aryl methyl sites for hydroxylation is 2.